The number of methoxy groups -OCH3 is 1. The summed E-state index contributed by atoms with van der Waals surface area (Å²) in [4.78, 5) is 19.4. The van der Waals surface area contributed by atoms with Crippen LogP contribution in [0.4, 0.5) is 0 Å². The van der Waals surface area contributed by atoms with E-state index >= 15 is 0 Å². The smallest absolute Gasteiger partial charge is 0.356 e. The third kappa shape index (κ3) is 1.22. The van der Waals surface area contributed by atoms with Crippen LogP contribution in [-0.4, -0.2) is 27.6 Å². The van der Waals surface area contributed by atoms with Gasteiger partial charge in [-0.25, -0.2) is 14.8 Å². The Morgan fingerprint density at radius 3 is 3.00 bits per heavy atom. The van der Waals surface area contributed by atoms with Crippen LogP contribution in [0.25, 0.3) is 11.2 Å². The van der Waals surface area contributed by atoms with Gasteiger partial charge in [0.15, 0.2) is 11.3 Å². The van der Waals surface area contributed by atoms with Gasteiger partial charge in [-0.2, -0.15) is 0 Å². The number of hydrogen-bond acceptors (Lipinski definition) is 4. The Balaban J connectivity index is 2.60. The third-order valence-corrected chi connectivity index (χ3v) is 1.95. The topological polar surface area (TPSA) is 57.0 Å². The zero-order valence-electron chi connectivity index (χ0n) is 7.89. The van der Waals surface area contributed by atoms with E-state index in [-0.39, 0.29) is 0 Å². The van der Waals surface area contributed by atoms with E-state index < -0.39 is 5.97 Å². The van der Waals surface area contributed by atoms with Crippen LogP contribution in [0.5, 0.6) is 0 Å². The molecule has 0 N–H and O–H groups in total. The summed E-state index contributed by atoms with van der Waals surface area (Å²) < 4.78 is 6.32. The lowest BCUT2D eigenvalue weighted by Gasteiger charge is -1.98. The number of imidazole rings is 1. The van der Waals surface area contributed by atoms with Crippen LogP contribution in [0.1, 0.15) is 10.5 Å². The lowest BCUT2D eigenvalue weighted by molar-refractivity contribution is 0.0594. The largest absolute Gasteiger partial charge is 0.464 e. The second-order valence-electron chi connectivity index (χ2n) is 2.89. The normalized spacial score (nSPS) is 10.4. The maximum atomic E-state index is 11.2. The van der Waals surface area contributed by atoms with Gasteiger partial charge >= 0.3 is 5.97 Å². The summed E-state index contributed by atoms with van der Waals surface area (Å²) >= 11 is 0. The van der Waals surface area contributed by atoms with Gasteiger partial charge in [0.1, 0.15) is 5.52 Å². The van der Waals surface area contributed by atoms with E-state index in [0.717, 1.165) is 5.52 Å². The molecule has 0 radical (unpaired) electrons. The summed E-state index contributed by atoms with van der Waals surface area (Å²) in [6.45, 7) is 0. The van der Waals surface area contributed by atoms with Gasteiger partial charge < -0.3 is 9.30 Å². The van der Waals surface area contributed by atoms with Crippen LogP contribution in [0.15, 0.2) is 18.5 Å². The Kier molecular flexibility index (Phi) is 1.92. The maximum absolute atomic E-state index is 11.2. The van der Waals surface area contributed by atoms with E-state index in [4.69, 9.17) is 0 Å². The van der Waals surface area contributed by atoms with Crippen molar-refractivity contribution in [3.05, 3.63) is 24.2 Å². The zero-order chi connectivity index (χ0) is 10.1. The molecule has 14 heavy (non-hydrogen) atoms. The molecule has 2 aromatic rings. The molecule has 5 heteroatoms. The first-order chi connectivity index (χ1) is 6.72. The molecule has 2 rings (SSSR count). The predicted octanol–water partition coefficient (Wildman–Crippen LogP) is 0.755. The molecule has 0 spiro atoms. The van der Waals surface area contributed by atoms with Crippen molar-refractivity contribution in [3.8, 4) is 0 Å². The highest BCUT2D eigenvalue weighted by Gasteiger charge is 2.09. The average molecular weight is 191 g/mol. The SMILES string of the molecule is COC(=O)c1ccc2ncn(C)c2n1. The highest BCUT2D eigenvalue weighted by atomic mass is 16.5. The van der Waals surface area contributed by atoms with Gasteiger partial charge in [-0.15, -0.1) is 0 Å². The highest BCUT2D eigenvalue weighted by molar-refractivity contribution is 5.89. The number of esters is 1. The number of ether oxygens (including phenoxy) is 1. The summed E-state index contributed by atoms with van der Waals surface area (Å²) in [6, 6.07) is 3.34. The van der Waals surface area contributed by atoms with Crippen molar-refractivity contribution in [1.29, 1.82) is 0 Å². The second-order valence-corrected chi connectivity index (χ2v) is 2.89. The molecule has 2 heterocycles. The van der Waals surface area contributed by atoms with Crippen LogP contribution in [0.3, 0.4) is 0 Å². The van der Waals surface area contributed by atoms with Crippen molar-refractivity contribution < 1.29 is 9.53 Å². The molecule has 2 aromatic heterocycles. The number of carbonyl (C=O) groups excluding carboxylic acids is 1. The predicted molar refractivity (Wildman–Crippen MR) is 49.8 cm³/mol. The molecule has 0 saturated heterocycles. The summed E-state index contributed by atoms with van der Waals surface area (Å²) in [5.41, 5.74) is 1.73. The maximum Gasteiger partial charge on any atom is 0.356 e. The number of hydrogen-bond donors (Lipinski definition) is 0. The third-order valence-electron chi connectivity index (χ3n) is 1.95. The van der Waals surface area contributed by atoms with Crippen molar-refractivity contribution >= 4 is 17.1 Å². The number of pyridine rings is 1. The van der Waals surface area contributed by atoms with E-state index in [1.165, 1.54) is 7.11 Å². The number of nitrogens with zero attached hydrogens (tertiary/aromatic N) is 3. The van der Waals surface area contributed by atoms with Gasteiger partial charge in [0.05, 0.1) is 13.4 Å². The standard InChI is InChI=1S/C9H9N3O2/c1-12-5-10-6-3-4-7(9(13)14-2)11-8(6)12/h3-5H,1-2H3. The monoisotopic (exact) mass is 191 g/mol. The molecule has 0 aliphatic carbocycles. The number of fused-ring (bicyclic) bond motifs is 1. The Morgan fingerprint density at radius 2 is 2.29 bits per heavy atom. The molecule has 0 aromatic carbocycles. The van der Waals surface area contributed by atoms with Crippen molar-refractivity contribution in [2.75, 3.05) is 7.11 Å². The van der Waals surface area contributed by atoms with Gasteiger partial charge in [0.25, 0.3) is 0 Å². The number of aryl methyl sites for hydroxylation is 1. The van der Waals surface area contributed by atoms with Crippen molar-refractivity contribution in [3.63, 3.8) is 0 Å². The Hall–Kier alpha value is -1.91. The van der Waals surface area contributed by atoms with Crippen molar-refractivity contribution in [2.24, 2.45) is 7.05 Å². The lowest BCUT2D eigenvalue weighted by Crippen LogP contribution is -2.04. The molecule has 0 aliphatic heterocycles. The highest BCUT2D eigenvalue weighted by Crippen LogP contribution is 2.09. The average Bonchev–Trinajstić information content (AvgIpc) is 2.59. The van der Waals surface area contributed by atoms with Crippen LogP contribution in [0.2, 0.25) is 0 Å². The molecule has 0 saturated carbocycles. The Labute approximate surface area is 80.3 Å². The van der Waals surface area contributed by atoms with E-state index in [1.54, 1.807) is 23.0 Å². The molecule has 0 unspecified atom stereocenters. The van der Waals surface area contributed by atoms with Crippen molar-refractivity contribution in [1.82, 2.24) is 14.5 Å². The molecule has 72 valence electrons. The summed E-state index contributed by atoms with van der Waals surface area (Å²) in [5, 5.41) is 0. The van der Waals surface area contributed by atoms with Crippen LogP contribution in [0, 0.1) is 0 Å². The molecule has 0 aliphatic rings. The first kappa shape index (κ1) is 8.68. The Morgan fingerprint density at radius 1 is 1.50 bits per heavy atom. The minimum Gasteiger partial charge on any atom is -0.464 e. The lowest BCUT2D eigenvalue weighted by atomic mass is 10.3. The van der Waals surface area contributed by atoms with Crippen LogP contribution < -0.4 is 0 Å². The van der Waals surface area contributed by atoms with E-state index in [9.17, 15) is 4.79 Å². The molecule has 0 atom stereocenters. The van der Waals surface area contributed by atoms with Gasteiger partial charge in [0, 0.05) is 7.05 Å². The van der Waals surface area contributed by atoms with Gasteiger partial charge in [-0.3, -0.25) is 0 Å². The van der Waals surface area contributed by atoms with E-state index in [2.05, 4.69) is 14.7 Å². The quantitative estimate of drug-likeness (QED) is 0.624. The molecule has 0 amide bonds. The van der Waals surface area contributed by atoms with Gasteiger partial charge in [-0.05, 0) is 12.1 Å². The first-order valence-corrected chi connectivity index (χ1v) is 4.09. The van der Waals surface area contributed by atoms with Crippen LogP contribution in [-0.2, 0) is 11.8 Å². The summed E-state index contributed by atoms with van der Waals surface area (Å²) in [6.07, 6.45) is 1.65. The summed E-state index contributed by atoms with van der Waals surface area (Å²) in [7, 11) is 3.15. The fourth-order valence-corrected chi connectivity index (χ4v) is 1.22. The number of rotatable bonds is 1. The molecule has 0 bridgehead atoms. The van der Waals surface area contributed by atoms with E-state index in [1.807, 2.05) is 7.05 Å². The van der Waals surface area contributed by atoms with Gasteiger partial charge in [-0.1, -0.05) is 0 Å². The van der Waals surface area contributed by atoms with Crippen LogP contribution >= 0.6 is 0 Å². The number of carbonyl (C=O) groups is 1. The van der Waals surface area contributed by atoms with Gasteiger partial charge in [0.2, 0.25) is 0 Å². The number of aromatic nitrogens is 3. The zero-order valence-corrected chi connectivity index (χ0v) is 7.89. The summed E-state index contributed by atoms with van der Waals surface area (Å²) in [5.74, 6) is -0.437. The minimum absolute atomic E-state index is 0.295. The van der Waals surface area contributed by atoms with Crippen molar-refractivity contribution in [2.45, 2.75) is 0 Å². The second kappa shape index (κ2) is 3.10. The fourth-order valence-electron chi connectivity index (χ4n) is 1.22. The fraction of sp³-hybridized carbons (Fsp3) is 0.222. The minimum atomic E-state index is -0.437. The molecular weight excluding hydrogens is 182 g/mol. The Bertz CT molecular complexity index is 490. The molecular formula is C9H9N3O2. The van der Waals surface area contributed by atoms with E-state index in [0.29, 0.717) is 11.3 Å². The first-order valence-electron chi connectivity index (χ1n) is 4.09. The molecule has 0 fully saturated rings. The molecule has 5 nitrogen and oxygen atoms in total.